The molecule has 14 N–H and O–H groups in total. The van der Waals surface area contributed by atoms with E-state index in [1.807, 2.05) is 65.0 Å². The number of aliphatic carboxylic acids is 4. The van der Waals surface area contributed by atoms with Gasteiger partial charge in [0.05, 0.1) is 37.8 Å². The Morgan fingerprint density at radius 2 is 1.19 bits per heavy atom. The Hall–Kier alpha value is -5.67. The van der Waals surface area contributed by atoms with Crippen molar-refractivity contribution < 1.29 is 63.6 Å². The van der Waals surface area contributed by atoms with Gasteiger partial charge in [-0.15, -0.1) is 0 Å². The molecule has 0 saturated carbocycles. The summed E-state index contributed by atoms with van der Waals surface area (Å²) < 4.78 is 0. The number of carboxylic acid groups (broad SMARTS) is 4. The van der Waals surface area contributed by atoms with Crippen LogP contribution in [-0.2, 0) is 49.6 Å². The van der Waals surface area contributed by atoms with Gasteiger partial charge in [-0.05, 0) is 108 Å². The summed E-state index contributed by atoms with van der Waals surface area (Å²) in [6, 6.07) is 4.15. The second-order valence-corrected chi connectivity index (χ2v) is 23.4. The maximum atomic E-state index is 14.9. The molecule has 476 valence electrons. The maximum absolute atomic E-state index is 14.9. The lowest BCUT2D eigenvalue weighted by atomic mass is 9.87. The number of nitrogens with one attached hydrogen (secondary N) is 4. The summed E-state index contributed by atoms with van der Waals surface area (Å²) in [4.78, 5) is 128. The lowest BCUT2D eigenvalue weighted by Gasteiger charge is -2.35. The topological polar surface area (TPSA) is 377 Å². The Morgan fingerprint density at radius 1 is 0.643 bits per heavy atom. The Bertz CT molecular complexity index is 2180. The number of carbonyl (C=O) groups is 9. The molecule has 0 bridgehead atoms. The van der Waals surface area contributed by atoms with E-state index in [0.29, 0.717) is 83.8 Å². The van der Waals surface area contributed by atoms with Crippen molar-refractivity contribution >= 4 is 53.3 Å². The molecule has 1 aromatic rings. The van der Waals surface area contributed by atoms with Gasteiger partial charge >= 0.3 is 23.9 Å². The number of hydrogen-bond donors (Lipinski definition) is 11. The monoisotopic (exact) mass is 1190 g/mol. The molecule has 2 aliphatic rings. The number of hydrogen-bond acceptors (Lipinski definition) is 17. The fourth-order valence-corrected chi connectivity index (χ4v) is 11.2. The molecule has 0 aromatic heterocycles. The minimum absolute atomic E-state index is 0.0878. The first-order valence-electron chi connectivity index (χ1n) is 30.4. The zero-order valence-corrected chi connectivity index (χ0v) is 50.6. The van der Waals surface area contributed by atoms with Gasteiger partial charge in [-0.2, -0.15) is 0 Å². The highest BCUT2D eigenvalue weighted by molar-refractivity contribution is 5.95. The molecular formula is C59H102N12O13. The summed E-state index contributed by atoms with van der Waals surface area (Å²) in [5.41, 5.74) is 18.8. The van der Waals surface area contributed by atoms with Crippen LogP contribution in [0.1, 0.15) is 124 Å². The quantitative estimate of drug-likeness (QED) is 0.0404. The van der Waals surface area contributed by atoms with Crippen molar-refractivity contribution in [2.45, 2.75) is 167 Å². The van der Waals surface area contributed by atoms with Crippen LogP contribution in [0, 0.1) is 17.8 Å². The SMILES string of the molecule is CC[C@H](C)[C@H](NC(=O)[C@@H](N)CC(C)C)C(=O)C[C@@H](CCCCN)C(=O)N[C@@H](CCCCN)C(=O)N1CCC[C@H]1C(C)NC(Cc1ccccc1)C(=O)NCCCC(C(=O)O)N1CCN(CC(=O)O)CCN(CC(=O)O)CCN(CC(=O)O)CC1. The number of likely N-dealkylation sites (tertiary alicyclic amines) is 1. The van der Waals surface area contributed by atoms with Gasteiger partial charge < -0.3 is 63.8 Å². The number of amides is 4. The van der Waals surface area contributed by atoms with E-state index in [-0.39, 0.29) is 140 Å². The summed E-state index contributed by atoms with van der Waals surface area (Å²) in [7, 11) is 0. The number of Topliss-reactive ketones (excluding diaryl/α,β-unsaturated/α-hetero) is 1. The normalized spacial score (nSPS) is 19.1. The van der Waals surface area contributed by atoms with Crippen molar-refractivity contribution in [3.05, 3.63) is 35.9 Å². The van der Waals surface area contributed by atoms with Crippen molar-refractivity contribution in [3.8, 4) is 0 Å². The summed E-state index contributed by atoms with van der Waals surface area (Å²) in [6.07, 6.45) is 5.76. The van der Waals surface area contributed by atoms with E-state index in [9.17, 15) is 63.6 Å². The highest BCUT2D eigenvalue weighted by atomic mass is 16.4. The standard InChI is InChI=1S/C59H102N12O13/c1-6-41(4)54(66-56(80)45(62)34-40(2)3)50(72)36-44(18-10-12-22-60)55(79)65-46(19-11-13-23-61)58(82)71-25-15-21-48(71)42(5)64-47(35-43-16-8-7-9-17-43)57(81)63-24-14-20-49(59(83)84)70-32-30-68(38-52(75)76)28-26-67(37-51(73)74)27-29-69(31-33-70)39-53(77)78/h7-9,16-17,40-42,44-49,54,64H,6,10-15,18-39,60-62H2,1-5H3,(H,63,81)(H,65,79)(H,66,80)(H,73,74)(H,75,76)(H,77,78)(H,83,84)/t41-,42?,44+,45-,46-,47?,48-,49?,54-/m0/s1. The third kappa shape index (κ3) is 26.7. The van der Waals surface area contributed by atoms with Gasteiger partial charge in [0.1, 0.15) is 12.1 Å². The van der Waals surface area contributed by atoms with Crippen molar-refractivity contribution in [1.29, 1.82) is 0 Å². The summed E-state index contributed by atoms with van der Waals surface area (Å²) >= 11 is 0. The number of ketones is 1. The van der Waals surface area contributed by atoms with Crippen LogP contribution in [0.25, 0.3) is 0 Å². The van der Waals surface area contributed by atoms with E-state index in [1.54, 1.807) is 24.5 Å². The Kier molecular flexibility index (Phi) is 33.8. The van der Waals surface area contributed by atoms with Crippen LogP contribution in [0.2, 0.25) is 0 Å². The van der Waals surface area contributed by atoms with Crippen LogP contribution in [0.4, 0.5) is 0 Å². The lowest BCUT2D eigenvalue weighted by molar-refractivity contribution is -0.145. The molecule has 3 unspecified atom stereocenters. The third-order valence-electron chi connectivity index (χ3n) is 16.2. The molecular weight excluding hydrogens is 1080 g/mol. The van der Waals surface area contributed by atoms with Crippen molar-refractivity contribution in [1.82, 2.24) is 45.8 Å². The van der Waals surface area contributed by atoms with E-state index in [2.05, 4.69) is 21.3 Å². The van der Waals surface area contributed by atoms with E-state index in [1.165, 1.54) is 0 Å². The molecule has 2 aliphatic heterocycles. The number of carboxylic acids is 4. The van der Waals surface area contributed by atoms with Gasteiger partial charge in [0.15, 0.2) is 5.78 Å². The number of benzene rings is 1. The predicted molar refractivity (Wildman–Crippen MR) is 318 cm³/mol. The minimum Gasteiger partial charge on any atom is -0.480 e. The van der Waals surface area contributed by atoms with Crippen molar-refractivity contribution in [2.75, 3.05) is 98.2 Å². The van der Waals surface area contributed by atoms with Gasteiger partial charge in [0.2, 0.25) is 23.6 Å². The van der Waals surface area contributed by atoms with Crippen molar-refractivity contribution in [3.63, 3.8) is 0 Å². The number of unbranched alkanes of at least 4 members (excludes halogenated alkanes) is 2. The molecule has 25 heteroatoms. The Balaban J connectivity index is 1.82. The number of nitrogens with two attached hydrogens (primary N) is 3. The van der Waals surface area contributed by atoms with Crippen LogP contribution in [0.15, 0.2) is 30.3 Å². The lowest BCUT2D eigenvalue weighted by Crippen LogP contribution is -2.58. The zero-order chi connectivity index (χ0) is 62.3. The van der Waals surface area contributed by atoms with Gasteiger partial charge in [0.25, 0.3) is 0 Å². The van der Waals surface area contributed by atoms with E-state index < -0.39 is 77.9 Å². The molecule has 25 nitrogen and oxygen atoms in total. The number of rotatable bonds is 38. The molecule has 2 fully saturated rings. The Labute approximate surface area is 496 Å². The van der Waals surface area contributed by atoms with E-state index in [4.69, 9.17) is 17.2 Å². The van der Waals surface area contributed by atoms with Gasteiger partial charge in [-0.25, -0.2) is 0 Å². The number of carbonyl (C=O) groups excluding carboxylic acids is 5. The molecule has 1 aromatic carbocycles. The Morgan fingerprint density at radius 3 is 1.70 bits per heavy atom. The van der Waals surface area contributed by atoms with Crippen LogP contribution in [0.5, 0.6) is 0 Å². The molecule has 0 radical (unpaired) electrons. The molecule has 0 aliphatic carbocycles. The van der Waals surface area contributed by atoms with Crippen LogP contribution in [0.3, 0.4) is 0 Å². The summed E-state index contributed by atoms with van der Waals surface area (Å²) in [5, 5.41) is 52.0. The number of nitrogens with zero attached hydrogens (tertiary/aromatic N) is 5. The first kappa shape index (κ1) is 72.6. The largest absolute Gasteiger partial charge is 0.480 e. The van der Waals surface area contributed by atoms with Crippen LogP contribution >= 0.6 is 0 Å². The second kappa shape index (κ2) is 39.1. The predicted octanol–water partition coefficient (Wildman–Crippen LogP) is 0.614. The zero-order valence-electron chi connectivity index (χ0n) is 50.6. The second-order valence-electron chi connectivity index (χ2n) is 23.4. The molecule has 84 heavy (non-hydrogen) atoms. The summed E-state index contributed by atoms with van der Waals surface area (Å²) in [5.74, 6) is -7.08. The van der Waals surface area contributed by atoms with Gasteiger partial charge in [0, 0.05) is 89.9 Å². The molecule has 2 heterocycles. The fraction of sp³-hybridized carbons (Fsp3) is 0.746. The third-order valence-corrected chi connectivity index (χ3v) is 16.2. The smallest absolute Gasteiger partial charge is 0.320 e. The molecule has 4 amide bonds. The molecule has 3 rings (SSSR count). The average Bonchev–Trinajstić information content (AvgIpc) is 4.10. The maximum Gasteiger partial charge on any atom is 0.320 e. The van der Waals surface area contributed by atoms with E-state index in [0.717, 1.165) is 5.56 Å². The van der Waals surface area contributed by atoms with E-state index >= 15 is 0 Å². The highest BCUT2D eigenvalue weighted by Crippen LogP contribution is 2.25. The van der Waals surface area contributed by atoms with Gasteiger partial charge in [-0.3, -0.25) is 62.8 Å². The molecule has 9 atom stereocenters. The average molecular weight is 1190 g/mol. The van der Waals surface area contributed by atoms with Gasteiger partial charge in [-0.1, -0.05) is 70.9 Å². The minimum atomic E-state index is -1.14. The van der Waals surface area contributed by atoms with Crippen LogP contribution < -0.4 is 38.5 Å². The molecule has 2 saturated heterocycles. The van der Waals surface area contributed by atoms with Crippen LogP contribution in [-0.4, -0.2) is 239 Å². The highest BCUT2D eigenvalue weighted by Gasteiger charge is 2.39. The van der Waals surface area contributed by atoms with Crippen molar-refractivity contribution in [2.24, 2.45) is 35.0 Å². The fourth-order valence-electron chi connectivity index (χ4n) is 11.2. The first-order valence-corrected chi connectivity index (χ1v) is 30.4. The summed E-state index contributed by atoms with van der Waals surface area (Å²) in [6.45, 7) is 11.1. The molecule has 0 spiro atoms. The first-order chi connectivity index (χ1) is 40.0.